The van der Waals surface area contributed by atoms with E-state index in [0.29, 0.717) is 47.7 Å². The zero-order valence-corrected chi connectivity index (χ0v) is 16.4. The van der Waals surface area contributed by atoms with Gasteiger partial charge in [-0.2, -0.15) is 9.11 Å². The van der Waals surface area contributed by atoms with Gasteiger partial charge >= 0.3 is 0 Å². The van der Waals surface area contributed by atoms with Crippen molar-refractivity contribution < 1.29 is 17.5 Å². The summed E-state index contributed by atoms with van der Waals surface area (Å²) in [4.78, 5) is 0. The Bertz CT molecular complexity index is 537. The standard InChI is InChI=1S/C12H22N4O4S4/c17-23(18)5-1-9(7-23)15-11(21)13-3-4-14-12(22)16-10-2-6-24(19,20)8-10/h9-10H,1-8H2,(H4-2,13,14,15,16,17,18,19,20,21,22)/p+2/t9-,10-/m0/s1. The number of hydrogen-bond acceptors (Lipinski definition) is 4. The van der Waals surface area contributed by atoms with Crippen LogP contribution in [-0.2, 0) is 28.8 Å². The van der Waals surface area contributed by atoms with Gasteiger partial charge in [0, 0.05) is 25.9 Å². The SMILES string of the molecule is O=[S+]1(O)CC[C@H](NC(=S)NCCNC(=S)N[C@H]2CC[S+](=O)(O)C2)C1. The monoisotopic (exact) mass is 416 g/mol. The molecule has 8 nitrogen and oxygen atoms in total. The van der Waals surface area contributed by atoms with Crippen LogP contribution in [0.5, 0.6) is 0 Å². The van der Waals surface area contributed by atoms with Crippen LogP contribution in [-0.4, -0.2) is 67.5 Å². The fourth-order valence-corrected chi connectivity index (χ4v) is 6.60. The van der Waals surface area contributed by atoms with E-state index in [-0.39, 0.29) is 23.6 Å². The first-order valence-electron chi connectivity index (χ1n) is 7.68. The normalized spacial score (nSPS) is 35.4. The summed E-state index contributed by atoms with van der Waals surface area (Å²) in [5.74, 6) is 1.10. The van der Waals surface area contributed by atoms with Gasteiger partial charge in [-0.25, -0.2) is 0 Å². The Morgan fingerprint density at radius 3 is 1.54 bits per heavy atom. The van der Waals surface area contributed by atoms with E-state index in [1.807, 2.05) is 0 Å². The molecule has 0 aromatic heterocycles. The van der Waals surface area contributed by atoms with Gasteiger partial charge in [-0.05, 0) is 24.4 Å². The van der Waals surface area contributed by atoms with E-state index in [1.165, 1.54) is 0 Å². The molecule has 2 fully saturated rings. The Kier molecular flexibility index (Phi) is 6.90. The van der Waals surface area contributed by atoms with Gasteiger partial charge < -0.3 is 21.3 Å². The van der Waals surface area contributed by atoms with E-state index < -0.39 is 20.4 Å². The van der Waals surface area contributed by atoms with Crippen LogP contribution < -0.4 is 21.3 Å². The lowest BCUT2D eigenvalue weighted by molar-refractivity contribution is 0.500. The fourth-order valence-electron chi connectivity index (χ4n) is 2.67. The van der Waals surface area contributed by atoms with E-state index in [4.69, 9.17) is 24.4 Å². The topological polar surface area (TPSA) is 123 Å². The zero-order chi connectivity index (χ0) is 17.8. The first kappa shape index (κ1) is 19.9. The Hall–Kier alpha value is -0.400. The molecule has 0 spiro atoms. The minimum atomic E-state index is -2.67. The first-order valence-corrected chi connectivity index (χ1v) is 12.2. The van der Waals surface area contributed by atoms with Crippen LogP contribution in [0, 0.1) is 0 Å². The van der Waals surface area contributed by atoms with E-state index in [2.05, 4.69) is 21.3 Å². The highest BCUT2D eigenvalue weighted by Crippen LogP contribution is 2.17. The van der Waals surface area contributed by atoms with Crippen LogP contribution in [0.1, 0.15) is 12.8 Å². The average molecular weight is 417 g/mol. The predicted octanol–water partition coefficient (Wildman–Crippen LogP) is -0.596. The highest BCUT2D eigenvalue weighted by molar-refractivity contribution is 7.98. The molecule has 12 heteroatoms. The third-order valence-corrected chi connectivity index (χ3v) is 7.98. The Morgan fingerprint density at radius 1 is 0.875 bits per heavy atom. The molecule has 0 saturated carbocycles. The van der Waals surface area contributed by atoms with Crippen molar-refractivity contribution in [1.29, 1.82) is 0 Å². The molecule has 2 saturated heterocycles. The lowest BCUT2D eigenvalue weighted by Crippen LogP contribution is -2.47. The van der Waals surface area contributed by atoms with Crippen molar-refractivity contribution in [2.75, 3.05) is 36.1 Å². The Labute approximate surface area is 154 Å². The summed E-state index contributed by atoms with van der Waals surface area (Å²) in [6.07, 6.45) is 1.28. The zero-order valence-electron chi connectivity index (χ0n) is 13.2. The second-order valence-electron chi connectivity index (χ2n) is 6.06. The van der Waals surface area contributed by atoms with Gasteiger partial charge in [0.05, 0.1) is 12.1 Å². The number of rotatable bonds is 5. The summed E-state index contributed by atoms with van der Waals surface area (Å²) in [5.41, 5.74) is 0. The molecule has 2 heterocycles. The average Bonchev–Trinajstić information content (AvgIpc) is 2.96. The summed E-state index contributed by atoms with van der Waals surface area (Å²) in [5, 5.41) is 13.0. The molecule has 0 radical (unpaired) electrons. The third-order valence-electron chi connectivity index (χ3n) is 3.86. The molecular weight excluding hydrogens is 392 g/mol. The highest BCUT2D eigenvalue weighted by Gasteiger charge is 2.39. The minimum Gasteiger partial charge on any atom is -0.361 e. The molecule has 2 unspecified atom stereocenters. The first-order chi connectivity index (χ1) is 11.2. The van der Waals surface area contributed by atoms with Crippen molar-refractivity contribution in [3.63, 3.8) is 0 Å². The molecule has 2 aliphatic heterocycles. The summed E-state index contributed by atoms with van der Waals surface area (Å²) in [6, 6.07) is -0.122. The molecule has 4 atom stereocenters. The third kappa shape index (κ3) is 6.84. The summed E-state index contributed by atoms with van der Waals surface area (Å²) < 4.78 is 41.9. The van der Waals surface area contributed by atoms with Crippen molar-refractivity contribution in [1.82, 2.24) is 21.3 Å². The molecule has 6 N–H and O–H groups in total. The Balaban J connectivity index is 1.54. The van der Waals surface area contributed by atoms with Gasteiger partial charge in [-0.1, -0.05) is 8.42 Å². The molecule has 2 aliphatic rings. The van der Waals surface area contributed by atoms with Crippen LogP contribution in [0.3, 0.4) is 0 Å². The maximum atomic E-state index is 11.5. The Morgan fingerprint density at radius 2 is 1.25 bits per heavy atom. The molecule has 0 aliphatic carbocycles. The van der Waals surface area contributed by atoms with Crippen molar-refractivity contribution >= 4 is 55.1 Å². The van der Waals surface area contributed by atoms with E-state index >= 15 is 0 Å². The van der Waals surface area contributed by atoms with E-state index in [0.717, 1.165) is 0 Å². The van der Waals surface area contributed by atoms with Gasteiger partial charge in [0.25, 0.3) is 0 Å². The van der Waals surface area contributed by atoms with Crippen LogP contribution in [0.15, 0.2) is 0 Å². The van der Waals surface area contributed by atoms with Gasteiger partial charge in [0.15, 0.2) is 21.7 Å². The highest BCUT2D eigenvalue weighted by atomic mass is 32.3. The lowest BCUT2D eigenvalue weighted by Gasteiger charge is -2.16. The van der Waals surface area contributed by atoms with Crippen LogP contribution in [0.25, 0.3) is 0 Å². The fraction of sp³-hybridized carbons (Fsp3) is 0.833. The van der Waals surface area contributed by atoms with Crippen LogP contribution >= 0.6 is 24.4 Å². The summed E-state index contributed by atoms with van der Waals surface area (Å²) >= 11 is 10.3. The van der Waals surface area contributed by atoms with E-state index in [9.17, 15) is 17.5 Å². The molecular formula is C12H24N4O4S4+2. The number of hydrogen-bond donors (Lipinski definition) is 6. The van der Waals surface area contributed by atoms with Gasteiger partial charge in [-0.3, -0.25) is 0 Å². The molecule has 0 aromatic rings. The van der Waals surface area contributed by atoms with Gasteiger partial charge in [0.2, 0.25) is 20.4 Å². The minimum absolute atomic E-state index is 0.0612. The lowest BCUT2D eigenvalue weighted by atomic mass is 10.3. The maximum absolute atomic E-state index is 11.5. The van der Waals surface area contributed by atoms with Gasteiger partial charge in [-0.15, -0.1) is 0 Å². The summed E-state index contributed by atoms with van der Waals surface area (Å²) in [7, 11) is -5.35. The molecule has 0 amide bonds. The van der Waals surface area contributed by atoms with Crippen molar-refractivity contribution in [2.45, 2.75) is 24.9 Å². The van der Waals surface area contributed by atoms with Gasteiger partial charge in [0.1, 0.15) is 11.5 Å². The number of thiocarbonyl (C=S) groups is 2. The van der Waals surface area contributed by atoms with E-state index in [1.54, 1.807) is 0 Å². The smallest absolute Gasteiger partial charge is 0.216 e. The molecule has 0 aromatic carbocycles. The maximum Gasteiger partial charge on any atom is 0.216 e. The number of nitrogens with one attached hydrogen (secondary N) is 4. The van der Waals surface area contributed by atoms with Crippen LogP contribution in [0.2, 0.25) is 0 Å². The predicted molar refractivity (Wildman–Crippen MR) is 105 cm³/mol. The van der Waals surface area contributed by atoms with Crippen molar-refractivity contribution in [3.05, 3.63) is 0 Å². The molecule has 24 heavy (non-hydrogen) atoms. The molecule has 2 rings (SSSR count). The van der Waals surface area contributed by atoms with Crippen molar-refractivity contribution in [3.8, 4) is 0 Å². The second-order valence-corrected chi connectivity index (χ2v) is 11.4. The summed E-state index contributed by atoms with van der Waals surface area (Å²) in [6.45, 7) is 1.08. The quantitative estimate of drug-likeness (QED) is 0.197. The second kappa shape index (κ2) is 8.32. The van der Waals surface area contributed by atoms with Crippen molar-refractivity contribution in [2.24, 2.45) is 0 Å². The largest absolute Gasteiger partial charge is 0.361 e. The van der Waals surface area contributed by atoms with Crippen LogP contribution in [0.4, 0.5) is 0 Å². The molecule has 0 bridgehead atoms. The molecule has 138 valence electrons.